The average molecular weight is 818 g/mol. The second kappa shape index (κ2) is 21.7. The highest BCUT2D eigenvalue weighted by Crippen LogP contribution is 2.39. The van der Waals surface area contributed by atoms with E-state index in [1.54, 1.807) is 21.0 Å². The van der Waals surface area contributed by atoms with Crippen molar-refractivity contribution in [2.45, 2.75) is 167 Å². The maximum absolute atomic E-state index is 14.3. The number of Topliss-reactive ketones (excluding diaryl/α,β-unsaturated/α-hetero) is 2. The summed E-state index contributed by atoms with van der Waals surface area (Å²) in [4.78, 5) is 58.0. The van der Waals surface area contributed by atoms with E-state index >= 15 is 0 Å². The number of amides is 1. The summed E-state index contributed by atoms with van der Waals surface area (Å²) in [5.74, 6) is -7.66. The highest BCUT2D eigenvalue weighted by Gasteiger charge is 2.56. The molecule has 3 fully saturated rings. The van der Waals surface area contributed by atoms with Crippen molar-refractivity contribution in [1.29, 1.82) is 0 Å². The monoisotopic (exact) mass is 817 g/mol. The fourth-order valence-corrected chi connectivity index (χ4v) is 9.53. The lowest BCUT2D eigenvalue weighted by Gasteiger charge is -2.47. The summed E-state index contributed by atoms with van der Waals surface area (Å²) in [6.45, 7) is 11.2. The number of aliphatic hydroxyl groups is 3. The van der Waals surface area contributed by atoms with Crippen LogP contribution in [0.4, 0.5) is 0 Å². The van der Waals surface area contributed by atoms with Crippen molar-refractivity contribution >= 4 is 23.4 Å². The number of cyclic esters (lactones) is 1. The first-order valence-corrected chi connectivity index (χ1v) is 21.4. The molecule has 0 spiro atoms. The van der Waals surface area contributed by atoms with Gasteiger partial charge >= 0.3 is 5.97 Å². The first kappa shape index (κ1) is 47.9. The Morgan fingerprint density at radius 3 is 2.24 bits per heavy atom. The number of esters is 1. The van der Waals surface area contributed by atoms with Crippen LogP contribution in [0.25, 0.3) is 0 Å². The van der Waals surface area contributed by atoms with Crippen molar-refractivity contribution in [1.82, 2.24) is 4.90 Å². The fraction of sp³-hybridized carbons (Fsp3) is 0.778. The number of piperidine rings is 1. The van der Waals surface area contributed by atoms with Crippen LogP contribution < -0.4 is 0 Å². The number of carbonyl (C=O) groups excluding carboxylic acids is 4. The normalized spacial score (nSPS) is 40.7. The molecular weight excluding hydrogens is 746 g/mol. The van der Waals surface area contributed by atoms with Gasteiger partial charge in [0.25, 0.3) is 11.7 Å². The number of hydrogen-bond acceptors (Lipinski definition) is 12. The van der Waals surface area contributed by atoms with Gasteiger partial charge in [0, 0.05) is 52.0 Å². The Labute approximate surface area is 345 Å². The number of hydrogen-bond donors (Lipinski definition) is 3. The summed E-state index contributed by atoms with van der Waals surface area (Å²) in [6.07, 6.45) is 7.29. The lowest BCUT2D eigenvalue weighted by atomic mass is 9.81. The third-order valence-corrected chi connectivity index (χ3v) is 13.1. The van der Waals surface area contributed by atoms with Gasteiger partial charge < -0.3 is 43.9 Å². The molecule has 0 aromatic rings. The smallest absolute Gasteiger partial charge is 0.329 e. The third kappa shape index (κ3) is 11.5. The predicted octanol–water partition coefficient (Wildman–Crippen LogP) is 5.03. The van der Waals surface area contributed by atoms with E-state index in [1.165, 1.54) is 19.1 Å². The van der Waals surface area contributed by atoms with Gasteiger partial charge in [-0.05, 0) is 102 Å². The quantitative estimate of drug-likeness (QED) is 0.178. The Kier molecular flexibility index (Phi) is 17.9. The molecule has 328 valence electrons. The number of rotatable bonds is 7. The summed E-state index contributed by atoms with van der Waals surface area (Å²) < 4.78 is 29.8. The van der Waals surface area contributed by atoms with E-state index in [0.717, 1.165) is 5.57 Å². The maximum Gasteiger partial charge on any atom is 0.329 e. The summed E-state index contributed by atoms with van der Waals surface area (Å²) in [6, 6.07) is -1.14. The molecule has 0 aromatic heterocycles. The average Bonchev–Trinajstić information content (AvgIpc) is 3.20. The number of aliphatic hydroxyl groups excluding tert-OH is 2. The molecule has 1 aliphatic carbocycles. The standard InChI is InChI=1S/C45H71NO12/c1-10-11-14-32-20-26(2)19-27(3)21-38(55-8)41-39(56-9)23-29(5)45(53,58-41)42(50)43(51)46-18-13-12-15-33(46)44(52)57-40(30(6)35(48)25-36(32)49)28(4)22-31-16-17-34(47)37(24-31)54-7/h10-11,20,22,27,29-35,37-41,47-48,53H,12-19,21,23-25H2,1-9H3/b11-10?,26-20+,28-22?. The summed E-state index contributed by atoms with van der Waals surface area (Å²) in [5.41, 5.74) is 1.64. The van der Waals surface area contributed by atoms with E-state index < -0.39 is 83.9 Å². The van der Waals surface area contributed by atoms with E-state index in [4.69, 9.17) is 23.7 Å². The van der Waals surface area contributed by atoms with Crippen LogP contribution in [0, 0.1) is 29.6 Å². The molecule has 2 bridgehead atoms. The van der Waals surface area contributed by atoms with Crippen LogP contribution in [-0.2, 0) is 42.9 Å². The van der Waals surface area contributed by atoms with Crippen LogP contribution in [0.5, 0.6) is 0 Å². The summed E-state index contributed by atoms with van der Waals surface area (Å²) in [5, 5.41) is 34.3. The van der Waals surface area contributed by atoms with E-state index in [2.05, 4.69) is 6.92 Å². The zero-order valence-corrected chi connectivity index (χ0v) is 36.3. The van der Waals surface area contributed by atoms with Gasteiger partial charge in [-0.25, -0.2) is 4.79 Å². The number of ether oxygens (including phenoxy) is 5. The first-order valence-electron chi connectivity index (χ1n) is 21.4. The lowest BCUT2D eigenvalue weighted by Crippen LogP contribution is -2.64. The zero-order valence-electron chi connectivity index (χ0n) is 36.3. The lowest BCUT2D eigenvalue weighted by molar-refractivity contribution is -0.302. The van der Waals surface area contributed by atoms with Gasteiger partial charge in [0.2, 0.25) is 5.79 Å². The molecule has 58 heavy (non-hydrogen) atoms. The van der Waals surface area contributed by atoms with Crippen LogP contribution >= 0.6 is 0 Å². The van der Waals surface area contributed by atoms with Gasteiger partial charge in [0.05, 0.1) is 30.5 Å². The molecule has 13 nitrogen and oxygen atoms in total. The summed E-state index contributed by atoms with van der Waals surface area (Å²) in [7, 11) is 4.63. The highest BCUT2D eigenvalue weighted by atomic mass is 16.7. The zero-order chi connectivity index (χ0) is 42.9. The molecule has 2 saturated heterocycles. The molecule has 14 atom stereocenters. The molecule has 4 rings (SSSR count). The van der Waals surface area contributed by atoms with Crippen molar-refractivity contribution in [3.8, 4) is 0 Å². The minimum absolute atomic E-state index is 0.00766. The van der Waals surface area contributed by atoms with Crippen LogP contribution in [0.15, 0.2) is 35.5 Å². The van der Waals surface area contributed by atoms with E-state index in [0.29, 0.717) is 56.9 Å². The largest absolute Gasteiger partial charge is 0.456 e. The van der Waals surface area contributed by atoms with Crippen LogP contribution in [0.1, 0.15) is 112 Å². The molecule has 0 radical (unpaired) electrons. The summed E-state index contributed by atoms with van der Waals surface area (Å²) >= 11 is 0. The molecule has 14 unspecified atom stereocenters. The van der Waals surface area contributed by atoms with Crippen molar-refractivity contribution < 1.29 is 58.2 Å². The fourth-order valence-electron chi connectivity index (χ4n) is 9.53. The highest BCUT2D eigenvalue weighted by molar-refractivity contribution is 6.39. The third-order valence-electron chi connectivity index (χ3n) is 13.1. The van der Waals surface area contributed by atoms with Crippen LogP contribution in [0.2, 0.25) is 0 Å². The van der Waals surface area contributed by atoms with Gasteiger partial charge in [-0.1, -0.05) is 50.6 Å². The Balaban J connectivity index is 1.79. The maximum atomic E-state index is 14.3. The molecule has 0 aromatic carbocycles. The van der Waals surface area contributed by atoms with Gasteiger partial charge in [-0.3, -0.25) is 14.4 Å². The Hall–Kier alpha value is -2.78. The molecule has 3 heterocycles. The van der Waals surface area contributed by atoms with E-state index in [1.807, 2.05) is 45.1 Å². The Bertz CT molecular complexity index is 1510. The van der Waals surface area contributed by atoms with Crippen molar-refractivity contribution in [3.63, 3.8) is 0 Å². The SMILES string of the molecule is CC=CCC1/C=C(\C)CC(C)CC(OC)C2OC(O)(C(=O)C(=O)N3CCCCC3C(=O)OC(C(C)=CC3CCC(O)C(OC)C3)C(C)C(O)CC1=O)C(C)CC2OC. The molecule has 3 N–H and O–H groups in total. The number of allylic oxidation sites excluding steroid dienone is 5. The predicted molar refractivity (Wildman–Crippen MR) is 217 cm³/mol. The number of nitrogens with zero attached hydrogens (tertiary/aromatic N) is 1. The molecule has 3 aliphatic heterocycles. The van der Waals surface area contributed by atoms with Gasteiger partial charge in [-0.2, -0.15) is 0 Å². The van der Waals surface area contributed by atoms with Crippen molar-refractivity contribution in [2.24, 2.45) is 29.6 Å². The minimum atomic E-state index is -2.51. The minimum Gasteiger partial charge on any atom is -0.456 e. The molecule has 4 aliphatic rings. The number of carbonyl (C=O) groups is 4. The first-order chi connectivity index (χ1) is 27.5. The van der Waals surface area contributed by atoms with Crippen LogP contribution in [-0.4, -0.2) is 126 Å². The van der Waals surface area contributed by atoms with Gasteiger partial charge in [-0.15, -0.1) is 0 Å². The Morgan fingerprint density at radius 1 is 0.914 bits per heavy atom. The van der Waals surface area contributed by atoms with Crippen LogP contribution in [0.3, 0.4) is 0 Å². The Morgan fingerprint density at radius 2 is 1.59 bits per heavy atom. The second-order valence-corrected chi connectivity index (χ2v) is 17.6. The number of fused-ring (bicyclic) bond motifs is 3. The second-order valence-electron chi connectivity index (χ2n) is 17.6. The molecular formula is C45H71NO12. The van der Waals surface area contributed by atoms with Gasteiger partial charge in [0.15, 0.2) is 0 Å². The molecule has 1 saturated carbocycles. The van der Waals surface area contributed by atoms with E-state index in [9.17, 15) is 34.5 Å². The molecule has 1 amide bonds. The topological polar surface area (TPSA) is 178 Å². The number of ketones is 2. The van der Waals surface area contributed by atoms with Crippen molar-refractivity contribution in [2.75, 3.05) is 27.9 Å². The van der Waals surface area contributed by atoms with Gasteiger partial charge in [0.1, 0.15) is 24.0 Å². The van der Waals surface area contributed by atoms with Crippen molar-refractivity contribution in [3.05, 3.63) is 35.5 Å². The molecule has 13 heteroatoms. The number of methoxy groups -OCH3 is 3. The van der Waals surface area contributed by atoms with E-state index in [-0.39, 0.29) is 49.5 Å².